The fourth-order valence-corrected chi connectivity index (χ4v) is 3.64. The maximum absolute atomic E-state index is 13.2. The smallest absolute Gasteiger partial charge is 0.332 e. The highest BCUT2D eigenvalue weighted by Crippen LogP contribution is 2.29. The maximum atomic E-state index is 13.2. The topological polar surface area (TPSA) is 82.9 Å². The number of furan rings is 1. The first-order valence-corrected chi connectivity index (χ1v) is 10.1. The van der Waals surface area contributed by atoms with Crippen molar-refractivity contribution >= 4 is 40.8 Å². The van der Waals surface area contributed by atoms with Gasteiger partial charge in [-0.25, -0.2) is 9.69 Å². The molecule has 1 saturated heterocycles. The zero-order chi connectivity index (χ0) is 22.0. The minimum Gasteiger partial charge on any atom is -0.467 e. The van der Waals surface area contributed by atoms with Crippen LogP contribution in [0.5, 0.6) is 0 Å². The highest BCUT2D eigenvalue weighted by molar-refractivity contribution is 6.30. The fraction of sp³-hybridized carbons (Fsp3) is 0.174. The van der Waals surface area contributed by atoms with Crippen LogP contribution in [0.1, 0.15) is 17.7 Å². The molecule has 2 heterocycles. The van der Waals surface area contributed by atoms with E-state index < -0.39 is 18.0 Å². The number of halogens is 1. The lowest BCUT2D eigenvalue weighted by Crippen LogP contribution is -2.37. The van der Waals surface area contributed by atoms with Crippen LogP contribution in [-0.4, -0.2) is 28.8 Å². The zero-order valence-electron chi connectivity index (χ0n) is 16.7. The van der Waals surface area contributed by atoms with Gasteiger partial charge in [0, 0.05) is 10.7 Å². The lowest BCUT2D eigenvalue weighted by Gasteiger charge is -2.20. The van der Waals surface area contributed by atoms with Crippen LogP contribution in [0.25, 0.3) is 0 Å². The van der Waals surface area contributed by atoms with Gasteiger partial charge in [-0.3, -0.25) is 9.59 Å². The van der Waals surface area contributed by atoms with Crippen molar-refractivity contribution in [1.82, 2.24) is 4.90 Å². The molecule has 1 aliphatic rings. The summed E-state index contributed by atoms with van der Waals surface area (Å²) in [4.78, 5) is 41.6. The summed E-state index contributed by atoms with van der Waals surface area (Å²) in [7, 11) is 0. The van der Waals surface area contributed by atoms with Gasteiger partial charge < -0.3 is 14.6 Å². The molecule has 3 aromatic rings. The Morgan fingerprint density at radius 3 is 2.55 bits per heavy atom. The molecular weight excluding hydrogens is 418 g/mol. The molecule has 4 rings (SSSR count). The van der Waals surface area contributed by atoms with Crippen molar-refractivity contribution in [2.24, 2.45) is 0 Å². The quantitative estimate of drug-likeness (QED) is 0.571. The van der Waals surface area contributed by atoms with E-state index in [0.717, 1.165) is 10.5 Å². The van der Waals surface area contributed by atoms with Gasteiger partial charge in [0.1, 0.15) is 11.8 Å². The van der Waals surface area contributed by atoms with Crippen LogP contribution in [0.3, 0.4) is 0 Å². The third kappa shape index (κ3) is 4.46. The van der Waals surface area contributed by atoms with E-state index >= 15 is 0 Å². The number of aryl methyl sites for hydroxylation is 1. The van der Waals surface area contributed by atoms with Crippen LogP contribution in [0.4, 0.5) is 16.2 Å². The number of carbonyl (C=O) groups excluding carboxylic acids is 3. The number of nitrogens with zero attached hydrogens (tertiary/aromatic N) is 2. The Balaban J connectivity index is 1.59. The normalized spacial score (nSPS) is 16.1. The standard InChI is InChI=1S/C23H20ClN3O4/c1-15-4-2-5-18(12-15)27-22(29)20(26(23(27)30)14-19-6-3-11-31-19)13-21(28)25-17-9-7-16(24)8-10-17/h2-12,20H,13-14H2,1H3,(H,25,28)/t20-/m1/s1. The Kier molecular flexibility index (Phi) is 5.77. The first-order valence-electron chi connectivity index (χ1n) is 9.71. The summed E-state index contributed by atoms with van der Waals surface area (Å²) in [6, 6.07) is 15.8. The molecule has 4 amide bonds. The molecule has 7 nitrogen and oxygen atoms in total. The average Bonchev–Trinajstić information content (AvgIpc) is 3.32. The number of imide groups is 1. The average molecular weight is 438 g/mol. The van der Waals surface area contributed by atoms with E-state index in [-0.39, 0.29) is 18.9 Å². The Morgan fingerprint density at radius 1 is 1.10 bits per heavy atom. The summed E-state index contributed by atoms with van der Waals surface area (Å²) < 4.78 is 5.36. The SMILES string of the molecule is Cc1cccc(N2C(=O)[C@@H](CC(=O)Nc3ccc(Cl)cc3)N(Cc3ccco3)C2=O)c1. The largest absolute Gasteiger partial charge is 0.467 e. The summed E-state index contributed by atoms with van der Waals surface area (Å²) in [5.74, 6) is -0.312. The molecule has 1 aliphatic heterocycles. The Hall–Kier alpha value is -3.58. The number of urea groups is 1. The molecule has 1 atom stereocenters. The van der Waals surface area contributed by atoms with Crippen molar-refractivity contribution in [3.8, 4) is 0 Å². The van der Waals surface area contributed by atoms with Gasteiger partial charge in [0.25, 0.3) is 5.91 Å². The van der Waals surface area contributed by atoms with E-state index in [1.54, 1.807) is 54.6 Å². The van der Waals surface area contributed by atoms with E-state index in [4.69, 9.17) is 16.0 Å². The number of nitrogens with one attached hydrogen (secondary N) is 1. The van der Waals surface area contributed by atoms with E-state index in [1.165, 1.54) is 11.2 Å². The summed E-state index contributed by atoms with van der Waals surface area (Å²) in [5.41, 5.74) is 1.94. The van der Waals surface area contributed by atoms with Crippen molar-refractivity contribution in [1.29, 1.82) is 0 Å². The molecule has 0 radical (unpaired) electrons. The third-order valence-corrected chi connectivity index (χ3v) is 5.24. The second kappa shape index (κ2) is 8.65. The van der Waals surface area contributed by atoms with E-state index in [0.29, 0.717) is 22.2 Å². The second-order valence-corrected chi connectivity index (χ2v) is 7.71. The van der Waals surface area contributed by atoms with Crippen LogP contribution in [0, 0.1) is 6.92 Å². The highest BCUT2D eigenvalue weighted by Gasteiger charge is 2.47. The first kappa shape index (κ1) is 20.7. The van der Waals surface area contributed by atoms with Crippen molar-refractivity contribution in [2.75, 3.05) is 10.2 Å². The summed E-state index contributed by atoms with van der Waals surface area (Å²) in [6.45, 7) is 1.96. The van der Waals surface area contributed by atoms with Gasteiger partial charge in [0.15, 0.2) is 0 Å². The number of hydrogen-bond donors (Lipinski definition) is 1. The summed E-state index contributed by atoms with van der Waals surface area (Å²) >= 11 is 5.88. The number of rotatable bonds is 6. The Labute approximate surface area is 184 Å². The molecule has 1 N–H and O–H groups in total. The predicted octanol–water partition coefficient (Wildman–Crippen LogP) is 4.61. The molecule has 0 unspecified atom stereocenters. The monoisotopic (exact) mass is 437 g/mol. The van der Waals surface area contributed by atoms with Gasteiger partial charge in [-0.2, -0.15) is 0 Å². The van der Waals surface area contributed by atoms with Gasteiger partial charge in [0.2, 0.25) is 5.91 Å². The molecule has 2 aromatic carbocycles. The Bertz CT molecular complexity index is 1110. The minimum absolute atomic E-state index is 0.0821. The van der Waals surface area contributed by atoms with Crippen molar-refractivity contribution in [2.45, 2.75) is 25.9 Å². The van der Waals surface area contributed by atoms with Crippen molar-refractivity contribution in [3.05, 3.63) is 83.3 Å². The molecule has 1 fully saturated rings. The highest BCUT2D eigenvalue weighted by atomic mass is 35.5. The number of anilines is 2. The fourth-order valence-electron chi connectivity index (χ4n) is 3.51. The van der Waals surface area contributed by atoms with E-state index in [2.05, 4.69) is 5.32 Å². The molecule has 0 aliphatic carbocycles. The minimum atomic E-state index is -0.953. The lowest BCUT2D eigenvalue weighted by molar-refractivity contribution is -0.124. The van der Waals surface area contributed by atoms with Crippen molar-refractivity contribution in [3.63, 3.8) is 0 Å². The Morgan fingerprint density at radius 2 is 1.87 bits per heavy atom. The van der Waals surface area contributed by atoms with Gasteiger partial charge >= 0.3 is 6.03 Å². The lowest BCUT2D eigenvalue weighted by atomic mass is 10.1. The molecule has 0 spiro atoms. The number of carbonyl (C=O) groups is 3. The van der Waals surface area contributed by atoms with Gasteiger partial charge in [-0.1, -0.05) is 23.7 Å². The van der Waals surface area contributed by atoms with Gasteiger partial charge in [-0.05, 0) is 61.0 Å². The van der Waals surface area contributed by atoms with E-state index in [9.17, 15) is 14.4 Å². The molecule has 31 heavy (non-hydrogen) atoms. The number of amides is 4. The molecule has 0 bridgehead atoms. The predicted molar refractivity (Wildman–Crippen MR) is 117 cm³/mol. The number of hydrogen-bond acceptors (Lipinski definition) is 4. The van der Waals surface area contributed by atoms with Crippen LogP contribution < -0.4 is 10.2 Å². The summed E-state index contributed by atoms with van der Waals surface area (Å²) in [5, 5.41) is 3.29. The third-order valence-electron chi connectivity index (χ3n) is 4.99. The van der Waals surface area contributed by atoms with Gasteiger partial charge in [0.05, 0.1) is 24.9 Å². The molecule has 0 saturated carbocycles. The van der Waals surface area contributed by atoms with Gasteiger partial charge in [-0.15, -0.1) is 0 Å². The summed E-state index contributed by atoms with van der Waals surface area (Å²) in [6.07, 6.45) is 1.31. The van der Waals surface area contributed by atoms with Crippen LogP contribution in [0.2, 0.25) is 5.02 Å². The number of benzene rings is 2. The first-order chi connectivity index (χ1) is 14.9. The van der Waals surface area contributed by atoms with Crippen LogP contribution in [0.15, 0.2) is 71.3 Å². The van der Waals surface area contributed by atoms with E-state index in [1.807, 2.05) is 13.0 Å². The second-order valence-electron chi connectivity index (χ2n) is 7.28. The van der Waals surface area contributed by atoms with Crippen LogP contribution >= 0.6 is 11.6 Å². The molecule has 158 valence electrons. The van der Waals surface area contributed by atoms with Crippen molar-refractivity contribution < 1.29 is 18.8 Å². The molecule has 8 heteroatoms. The van der Waals surface area contributed by atoms with Crippen LogP contribution in [-0.2, 0) is 16.1 Å². The maximum Gasteiger partial charge on any atom is 0.332 e. The zero-order valence-corrected chi connectivity index (χ0v) is 17.5. The molecule has 1 aromatic heterocycles. The molecular formula is C23H20ClN3O4.